The number of benzene rings is 3. The van der Waals surface area contributed by atoms with Crippen molar-refractivity contribution >= 4 is 23.0 Å². The standard InChI is InChI=1S/C28H32N4O4/c1-20(2)36-25-11-7-10-23(18-25)28(33)31-16-14-30(15-17-31)24-12-13-27(32(34)35)26(19-24)29-21(3)22-8-5-4-6-9-22/h4-13,18-21,29H,14-17H2,1-3H3. The molecule has 1 amide bonds. The Morgan fingerprint density at radius 3 is 2.33 bits per heavy atom. The molecule has 0 radical (unpaired) electrons. The molecule has 8 heteroatoms. The molecule has 8 nitrogen and oxygen atoms in total. The molecule has 1 fully saturated rings. The number of nitrogens with one attached hydrogen (secondary N) is 1. The summed E-state index contributed by atoms with van der Waals surface area (Å²) in [5, 5.41) is 15.0. The summed E-state index contributed by atoms with van der Waals surface area (Å²) in [6.07, 6.45) is 0.0376. The first-order chi connectivity index (χ1) is 17.3. The maximum atomic E-state index is 13.1. The summed E-state index contributed by atoms with van der Waals surface area (Å²) in [7, 11) is 0. The van der Waals surface area contributed by atoms with Crippen molar-refractivity contribution in [1.82, 2.24) is 4.90 Å². The number of carbonyl (C=O) groups excluding carboxylic acids is 1. The van der Waals surface area contributed by atoms with Crippen LogP contribution in [0.25, 0.3) is 0 Å². The lowest BCUT2D eigenvalue weighted by atomic mass is 10.1. The number of amides is 1. The third-order valence-corrected chi connectivity index (χ3v) is 6.23. The Bertz CT molecular complexity index is 1210. The van der Waals surface area contributed by atoms with E-state index < -0.39 is 0 Å². The summed E-state index contributed by atoms with van der Waals surface area (Å²) in [6, 6.07) is 22.2. The van der Waals surface area contributed by atoms with Gasteiger partial charge in [-0.3, -0.25) is 14.9 Å². The van der Waals surface area contributed by atoms with Crippen LogP contribution in [0.2, 0.25) is 0 Å². The van der Waals surface area contributed by atoms with Crippen LogP contribution in [0.15, 0.2) is 72.8 Å². The fourth-order valence-corrected chi connectivity index (χ4v) is 4.38. The maximum absolute atomic E-state index is 13.1. The second kappa shape index (κ2) is 11.1. The summed E-state index contributed by atoms with van der Waals surface area (Å²) in [6.45, 7) is 8.29. The molecule has 0 spiro atoms. The minimum Gasteiger partial charge on any atom is -0.491 e. The monoisotopic (exact) mass is 488 g/mol. The molecule has 1 aliphatic rings. The van der Waals surface area contributed by atoms with Crippen molar-refractivity contribution < 1.29 is 14.5 Å². The van der Waals surface area contributed by atoms with Crippen molar-refractivity contribution in [3.63, 3.8) is 0 Å². The number of nitro groups is 1. The van der Waals surface area contributed by atoms with E-state index in [0.29, 0.717) is 43.2 Å². The van der Waals surface area contributed by atoms with Crippen LogP contribution < -0.4 is 15.0 Å². The summed E-state index contributed by atoms with van der Waals surface area (Å²) < 4.78 is 5.73. The average molecular weight is 489 g/mol. The van der Waals surface area contributed by atoms with Gasteiger partial charge in [-0.1, -0.05) is 36.4 Å². The first kappa shape index (κ1) is 25.0. The lowest BCUT2D eigenvalue weighted by Gasteiger charge is -2.36. The Morgan fingerprint density at radius 1 is 0.944 bits per heavy atom. The van der Waals surface area contributed by atoms with Crippen molar-refractivity contribution in [2.75, 3.05) is 36.4 Å². The van der Waals surface area contributed by atoms with E-state index in [-0.39, 0.29) is 28.7 Å². The summed E-state index contributed by atoms with van der Waals surface area (Å²) in [5.41, 5.74) is 3.07. The van der Waals surface area contributed by atoms with Gasteiger partial charge in [-0.25, -0.2) is 0 Å². The molecule has 188 valence electrons. The first-order valence-electron chi connectivity index (χ1n) is 12.2. The highest BCUT2D eigenvalue weighted by molar-refractivity contribution is 5.94. The largest absolute Gasteiger partial charge is 0.491 e. The minimum absolute atomic E-state index is 0.0217. The number of hydrogen-bond acceptors (Lipinski definition) is 6. The molecular formula is C28H32N4O4. The Hall–Kier alpha value is -4.07. The number of ether oxygens (including phenoxy) is 1. The van der Waals surface area contributed by atoms with Gasteiger partial charge in [-0.05, 0) is 56.7 Å². The fourth-order valence-electron chi connectivity index (χ4n) is 4.38. The average Bonchev–Trinajstić information content (AvgIpc) is 2.88. The highest BCUT2D eigenvalue weighted by Gasteiger charge is 2.24. The number of nitro benzene ring substituents is 1. The van der Waals surface area contributed by atoms with Crippen LogP contribution in [0.1, 0.15) is 42.7 Å². The second-order valence-corrected chi connectivity index (χ2v) is 9.21. The van der Waals surface area contributed by atoms with Crippen molar-refractivity contribution in [3.05, 3.63) is 94.0 Å². The van der Waals surface area contributed by atoms with Gasteiger partial charge >= 0.3 is 0 Å². The minimum atomic E-state index is -0.364. The summed E-state index contributed by atoms with van der Waals surface area (Å²) in [5.74, 6) is 0.664. The van der Waals surface area contributed by atoms with Gasteiger partial charge in [0.1, 0.15) is 11.4 Å². The van der Waals surface area contributed by atoms with Crippen LogP contribution in [-0.2, 0) is 0 Å². The van der Waals surface area contributed by atoms with Gasteiger partial charge in [-0.2, -0.15) is 0 Å². The van der Waals surface area contributed by atoms with Crippen LogP contribution in [0, 0.1) is 10.1 Å². The van der Waals surface area contributed by atoms with E-state index in [9.17, 15) is 14.9 Å². The molecule has 1 aliphatic heterocycles. The van der Waals surface area contributed by atoms with Crippen molar-refractivity contribution in [3.8, 4) is 5.75 Å². The lowest BCUT2D eigenvalue weighted by Crippen LogP contribution is -2.48. The lowest BCUT2D eigenvalue weighted by molar-refractivity contribution is -0.384. The van der Waals surface area contributed by atoms with E-state index in [0.717, 1.165) is 11.3 Å². The number of nitrogens with zero attached hydrogens (tertiary/aromatic N) is 3. The van der Waals surface area contributed by atoms with E-state index in [1.54, 1.807) is 18.2 Å². The zero-order chi connectivity index (χ0) is 25.7. The number of hydrogen-bond donors (Lipinski definition) is 1. The number of anilines is 2. The molecular weight excluding hydrogens is 456 g/mol. The molecule has 0 saturated carbocycles. The third-order valence-electron chi connectivity index (χ3n) is 6.23. The zero-order valence-corrected chi connectivity index (χ0v) is 20.9. The Labute approximate surface area is 211 Å². The highest BCUT2D eigenvalue weighted by atomic mass is 16.6. The molecule has 4 rings (SSSR count). The summed E-state index contributed by atoms with van der Waals surface area (Å²) >= 11 is 0. The van der Waals surface area contributed by atoms with Crippen LogP contribution >= 0.6 is 0 Å². The van der Waals surface area contributed by atoms with E-state index >= 15 is 0 Å². The molecule has 0 bridgehead atoms. The molecule has 0 aliphatic carbocycles. The number of rotatable bonds is 8. The molecule has 3 aromatic carbocycles. The van der Waals surface area contributed by atoms with Crippen LogP contribution in [0.3, 0.4) is 0 Å². The second-order valence-electron chi connectivity index (χ2n) is 9.21. The SMILES string of the molecule is CC(C)Oc1cccc(C(=O)N2CCN(c3ccc([N+](=O)[O-])c(NC(C)c4ccccc4)c3)CC2)c1. The van der Waals surface area contributed by atoms with E-state index in [2.05, 4.69) is 10.2 Å². The van der Waals surface area contributed by atoms with Crippen molar-refractivity contribution in [2.45, 2.75) is 32.9 Å². The highest BCUT2D eigenvalue weighted by Crippen LogP contribution is 2.33. The smallest absolute Gasteiger partial charge is 0.292 e. The van der Waals surface area contributed by atoms with Gasteiger partial charge in [0, 0.05) is 49.5 Å². The van der Waals surface area contributed by atoms with Crippen LogP contribution in [-0.4, -0.2) is 48.0 Å². The number of carbonyl (C=O) groups is 1. The quantitative estimate of drug-likeness (QED) is 0.332. The van der Waals surface area contributed by atoms with E-state index in [1.165, 1.54) is 0 Å². The van der Waals surface area contributed by atoms with Gasteiger partial charge < -0.3 is 19.9 Å². The van der Waals surface area contributed by atoms with Crippen LogP contribution in [0.4, 0.5) is 17.1 Å². The normalized spacial score (nSPS) is 14.4. The summed E-state index contributed by atoms with van der Waals surface area (Å²) in [4.78, 5) is 28.4. The van der Waals surface area contributed by atoms with E-state index in [4.69, 9.17) is 4.74 Å². The Balaban J connectivity index is 1.45. The molecule has 1 unspecified atom stereocenters. The number of piperazine rings is 1. The van der Waals surface area contributed by atoms with Gasteiger partial charge in [0.2, 0.25) is 0 Å². The predicted molar refractivity (Wildman–Crippen MR) is 142 cm³/mol. The van der Waals surface area contributed by atoms with Gasteiger partial charge in [0.05, 0.1) is 11.0 Å². The van der Waals surface area contributed by atoms with Gasteiger partial charge in [0.15, 0.2) is 0 Å². The molecule has 1 atom stereocenters. The Kier molecular flexibility index (Phi) is 7.73. The van der Waals surface area contributed by atoms with Gasteiger partial charge in [-0.15, -0.1) is 0 Å². The molecule has 3 aromatic rings. The first-order valence-corrected chi connectivity index (χ1v) is 12.2. The fraction of sp³-hybridized carbons (Fsp3) is 0.321. The van der Waals surface area contributed by atoms with Crippen LogP contribution in [0.5, 0.6) is 5.75 Å². The predicted octanol–water partition coefficient (Wildman–Crippen LogP) is 5.52. The van der Waals surface area contributed by atoms with Crippen molar-refractivity contribution in [2.24, 2.45) is 0 Å². The van der Waals surface area contributed by atoms with E-state index in [1.807, 2.05) is 80.3 Å². The molecule has 1 N–H and O–H groups in total. The zero-order valence-electron chi connectivity index (χ0n) is 20.9. The molecule has 0 aromatic heterocycles. The molecule has 1 saturated heterocycles. The van der Waals surface area contributed by atoms with Crippen molar-refractivity contribution in [1.29, 1.82) is 0 Å². The molecule has 1 heterocycles. The topological polar surface area (TPSA) is 88.0 Å². The maximum Gasteiger partial charge on any atom is 0.292 e. The Morgan fingerprint density at radius 2 is 1.67 bits per heavy atom. The molecule has 36 heavy (non-hydrogen) atoms. The third kappa shape index (κ3) is 5.94. The van der Waals surface area contributed by atoms with Gasteiger partial charge in [0.25, 0.3) is 11.6 Å².